The summed E-state index contributed by atoms with van der Waals surface area (Å²) >= 11 is 0. The number of aryl methyl sites for hydroxylation is 4. The van der Waals surface area contributed by atoms with Crippen molar-refractivity contribution < 1.29 is 9.21 Å². The van der Waals surface area contributed by atoms with E-state index in [-0.39, 0.29) is 46.5 Å². The van der Waals surface area contributed by atoms with Crippen molar-refractivity contribution in [3.05, 3.63) is 170 Å². The number of anilines is 3. The zero-order valence-electron chi connectivity index (χ0n) is 45.6. The number of rotatable bonds is 4. The molecule has 0 bridgehead atoms. The molecule has 0 radical (unpaired) electrons. The molecule has 71 heavy (non-hydrogen) atoms. The second-order valence-corrected chi connectivity index (χ2v) is 25.4. The Morgan fingerprint density at radius 1 is 0.535 bits per heavy atom. The van der Waals surface area contributed by atoms with Gasteiger partial charge in [-0.25, -0.2) is 14.6 Å². The van der Waals surface area contributed by atoms with Crippen LogP contribution < -0.4 is 36.6 Å². The quantitative estimate of drug-likeness (QED) is 0.165. The number of benzene rings is 6. The van der Waals surface area contributed by atoms with E-state index >= 15 is 4.79 Å². The Balaban J connectivity index is 1.28. The number of nitrogens with zero attached hydrogens (tertiary/aromatic N) is 3. The van der Waals surface area contributed by atoms with Gasteiger partial charge in [0.2, 0.25) is 13.4 Å². The average Bonchev–Trinajstić information content (AvgIpc) is 3.72. The lowest BCUT2D eigenvalue weighted by Crippen LogP contribution is -2.68. The van der Waals surface area contributed by atoms with E-state index in [4.69, 9.17) is 4.42 Å². The molecule has 6 aromatic carbocycles. The smallest absolute Gasteiger partial charge is 0.340 e. The molecule has 0 saturated carbocycles. The number of hydrogen-bond donors (Lipinski definition) is 0. The van der Waals surface area contributed by atoms with E-state index in [9.17, 15) is 0 Å². The zero-order valence-corrected chi connectivity index (χ0v) is 45.6. The van der Waals surface area contributed by atoms with E-state index in [2.05, 4.69) is 227 Å². The van der Waals surface area contributed by atoms with Crippen molar-refractivity contribution in [1.82, 2.24) is 0 Å². The number of para-hydroxylation sites is 3. The van der Waals surface area contributed by atoms with Crippen molar-refractivity contribution in [1.29, 1.82) is 0 Å². The van der Waals surface area contributed by atoms with Gasteiger partial charge in [0.15, 0.2) is 5.58 Å². The van der Waals surface area contributed by atoms with Gasteiger partial charge in [-0.2, -0.15) is 0 Å². The SMILES string of the molecule is BC1=C2N(c3ccc4c(c3)C(C)(C)C(C)(C)C4(C)C)C(=O)N(c3cccc4c3oc3ccccc34)C3=C(B)B(c4c(C)cc(C(C)(C)C)cc4C)c4cccc(c4N23)B1c1c(C)cc(C(C)(C)C)cc1C. The van der Waals surface area contributed by atoms with Crippen molar-refractivity contribution in [2.24, 2.45) is 5.41 Å². The molecule has 7 aromatic rings. The van der Waals surface area contributed by atoms with Crippen LogP contribution in [0.3, 0.4) is 0 Å². The first-order chi connectivity index (χ1) is 33.2. The van der Waals surface area contributed by atoms with E-state index in [1.165, 1.54) is 66.4 Å². The van der Waals surface area contributed by atoms with Gasteiger partial charge in [0.1, 0.15) is 32.9 Å². The summed E-state index contributed by atoms with van der Waals surface area (Å²) in [6.07, 6.45) is 0. The number of hydrogen-bond acceptors (Lipinski definition) is 3. The summed E-state index contributed by atoms with van der Waals surface area (Å²) in [6.45, 7) is 37.1. The van der Waals surface area contributed by atoms with Crippen molar-refractivity contribution in [2.45, 2.75) is 132 Å². The molecule has 4 aliphatic rings. The van der Waals surface area contributed by atoms with Crippen LogP contribution >= 0.6 is 0 Å². The Bertz CT molecular complexity index is 3510. The summed E-state index contributed by atoms with van der Waals surface area (Å²) in [5.74, 6) is 1.78. The highest BCUT2D eigenvalue weighted by molar-refractivity contribution is 7.02. The van der Waals surface area contributed by atoms with Crippen LogP contribution in [0.1, 0.15) is 128 Å². The van der Waals surface area contributed by atoms with E-state index < -0.39 is 0 Å². The standard InChI is InChI=1S/C62H69B4N3O2/c1-34-29-38(58(5,6)7)30-35(2)49(34)65-45-23-20-24-46-51(45)69-55(53(65)63)67(40-27-28-43-44(33-40)61(13,14)62(15,16)60(43,11)12)57(70)68(47-25-19-22-42-41-21-17-18-26-48(41)71-52(42)47)56(69)54(64)66(46)50-36(3)31-39(32-37(50)4)59(8,9)10/h17-33H,63-64H2,1-16H3. The molecule has 0 unspecified atom stereocenters. The molecule has 9 heteroatoms. The maximum absolute atomic E-state index is 16.9. The summed E-state index contributed by atoms with van der Waals surface area (Å²) in [5.41, 5.74) is 19.4. The first kappa shape index (κ1) is 47.3. The molecular formula is C62H69B4N3O2. The average molecular weight is 932 g/mol. The Hall–Kier alpha value is -6.07. The van der Waals surface area contributed by atoms with Gasteiger partial charge >= 0.3 is 6.03 Å². The first-order valence-corrected chi connectivity index (χ1v) is 26.0. The monoisotopic (exact) mass is 932 g/mol. The predicted molar refractivity (Wildman–Crippen MR) is 310 cm³/mol. The molecule has 0 N–H and O–H groups in total. The van der Waals surface area contributed by atoms with Gasteiger partial charge < -0.3 is 4.42 Å². The molecule has 3 aliphatic heterocycles. The minimum Gasteiger partial charge on any atom is -0.454 e. The van der Waals surface area contributed by atoms with Crippen LogP contribution in [0, 0.1) is 33.1 Å². The predicted octanol–water partition coefficient (Wildman–Crippen LogP) is 10.9. The molecule has 356 valence electrons. The number of carbonyl (C=O) groups is 1. The molecule has 4 heterocycles. The Morgan fingerprint density at radius 2 is 1.01 bits per heavy atom. The van der Waals surface area contributed by atoms with Gasteiger partial charge in [0.05, 0.1) is 11.4 Å². The lowest BCUT2D eigenvalue weighted by atomic mass is 9.26. The van der Waals surface area contributed by atoms with Crippen molar-refractivity contribution >= 4 is 96.0 Å². The lowest BCUT2D eigenvalue weighted by Gasteiger charge is -2.54. The van der Waals surface area contributed by atoms with Crippen LogP contribution in [-0.4, -0.2) is 35.1 Å². The van der Waals surface area contributed by atoms with Crippen molar-refractivity contribution in [3.8, 4) is 0 Å². The molecule has 0 atom stereocenters. The van der Waals surface area contributed by atoms with Gasteiger partial charge in [-0.3, -0.25) is 4.90 Å². The summed E-state index contributed by atoms with van der Waals surface area (Å²) in [6, 6.07) is 38.0. The van der Waals surface area contributed by atoms with Crippen LogP contribution in [0.25, 0.3) is 21.9 Å². The second kappa shape index (κ2) is 15.2. The van der Waals surface area contributed by atoms with Gasteiger partial charge in [-0.1, -0.05) is 206 Å². The van der Waals surface area contributed by atoms with Gasteiger partial charge in [0.25, 0.3) is 0 Å². The largest absolute Gasteiger partial charge is 0.454 e. The first-order valence-electron chi connectivity index (χ1n) is 26.0. The highest BCUT2D eigenvalue weighted by atomic mass is 16.3. The van der Waals surface area contributed by atoms with Crippen molar-refractivity contribution in [3.63, 3.8) is 0 Å². The summed E-state index contributed by atoms with van der Waals surface area (Å²) in [4.78, 5) is 23.5. The molecule has 11 rings (SSSR count). The number of urea groups is 1. The maximum atomic E-state index is 16.9. The Labute approximate surface area is 425 Å². The number of furan rings is 1. The topological polar surface area (TPSA) is 39.9 Å². The third-order valence-electron chi connectivity index (χ3n) is 18.6. The summed E-state index contributed by atoms with van der Waals surface area (Å²) in [5, 5.41) is 4.28. The molecule has 1 saturated heterocycles. The van der Waals surface area contributed by atoms with Gasteiger partial charge in [0, 0.05) is 16.5 Å². The minimum atomic E-state index is -0.181. The molecule has 2 amide bonds. The molecule has 1 fully saturated rings. The Morgan fingerprint density at radius 3 is 1.55 bits per heavy atom. The number of fused-ring (bicyclic) bond motifs is 4. The Kier molecular flexibility index (Phi) is 10.1. The van der Waals surface area contributed by atoms with Gasteiger partial charge in [-0.15, -0.1) is 0 Å². The van der Waals surface area contributed by atoms with Crippen LogP contribution in [0.5, 0.6) is 0 Å². The van der Waals surface area contributed by atoms with E-state index in [1.807, 2.05) is 17.0 Å². The lowest BCUT2D eigenvalue weighted by molar-refractivity contribution is 0.125. The highest BCUT2D eigenvalue weighted by Crippen LogP contribution is 2.62. The fourth-order valence-electron chi connectivity index (χ4n) is 13.5. The van der Waals surface area contributed by atoms with E-state index in [0.717, 1.165) is 55.8 Å². The van der Waals surface area contributed by atoms with E-state index in [0.29, 0.717) is 5.58 Å². The molecular weight excluding hydrogens is 862 g/mol. The van der Waals surface area contributed by atoms with Crippen LogP contribution in [0.2, 0.25) is 0 Å². The van der Waals surface area contributed by atoms with Crippen LogP contribution in [-0.2, 0) is 21.7 Å². The highest BCUT2D eigenvalue weighted by Gasteiger charge is 2.58. The summed E-state index contributed by atoms with van der Waals surface area (Å²) in [7, 11) is 4.58. The number of amides is 2. The number of carbonyl (C=O) groups excluding carboxylic acids is 1. The molecule has 1 aromatic heterocycles. The minimum absolute atomic E-state index is 0.0112. The van der Waals surface area contributed by atoms with Crippen LogP contribution in [0.15, 0.2) is 130 Å². The zero-order chi connectivity index (χ0) is 51.0. The van der Waals surface area contributed by atoms with Crippen molar-refractivity contribution in [2.75, 3.05) is 14.7 Å². The maximum Gasteiger partial charge on any atom is 0.340 e. The molecule has 1 aliphatic carbocycles. The molecule has 0 spiro atoms. The van der Waals surface area contributed by atoms with Gasteiger partial charge in [-0.05, 0) is 112 Å². The van der Waals surface area contributed by atoms with E-state index in [1.54, 1.807) is 0 Å². The fraction of sp³-hybridized carbons (Fsp3) is 0.339. The molecule has 5 nitrogen and oxygen atoms in total. The summed E-state index contributed by atoms with van der Waals surface area (Å²) < 4.78 is 6.89. The third kappa shape index (κ3) is 6.39. The third-order valence-corrected chi connectivity index (χ3v) is 18.6. The normalized spacial score (nSPS) is 18.1. The van der Waals surface area contributed by atoms with Crippen LogP contribution in [0.4, 0.5) is 21.9 Å². The fourth-order valence-corrected chi connectivity index (χ4v) is 13.5. The second-order valence-electron chi connectivity index (χ2n) is 25.4.